The lowest BCUT2D eigenvalue weighted by Crippen LogP contribution is -2.01. The Labute approximate surface area is 56.6 Å². The van der Waals surface area contributed by atoms with Crippen LogP contribution in [-0.4, -0.2) is 22.3 Å². The van der Waals surface area contributed by atoms with Crippen molar-refractivity contribution in [2.75, 3.05) is 0 Å². The molecular formula is C5H8F2O3. The van der Waals surface area contributed by atoms with Gasteiger partial charge in [0.15, 0.2) is 0 Å². The standard InChI is InChI=1S/C4H6F2.CH2O3/c1-3-4(2,5)6;2-1(3)4/h3H,1H2,2H3;(H2,2,3,4). The first-order chi connectivity index (χ1) is 4.29. The van der Waals surface area contributed by atoms with Crippen molar-refractivity contribution in [3.8, 4) is 0 Å². The molecule has 0 saturated heterocycles. The van der Waals surface area contributed by atoms with Crippen LogP contribution in [0.2, 0.25) is 0 Å². The molecule has 2 N–H and O–H groups in total. The van der Waals surface area contributed by atoms with E-state index >= 15 is 0 Å². The van der Waals surface area contributed by atoms with Crippen LogP contribution < -0.4 is 0 Å². The summed E-state index contributed by atoms with van der Waals surface area (Å²) in [7, 11) is 0. The van der Waals surface area contributed by atoms with E-state index in [0.29, 0.717) is 6.08 Å². The predicted octanol–water partition coefficient (Wildman–Crippen LogP) is 2.05. The lowest BCUT2D eigenvalue weighted by atomic mass is 10.4. The van der Waals surface area contributed by atoms with Crippen LogP contribution >= 0.6 is 0 Å². The summed E-state index contributed by atoms with van der Waals surface area (Å²) in [5.41, 5.74) is 0. The maximum absolute atomic E-state index is 11.3. The van der Waals surface area contributed by atoms with Crippen LogP contribution in [-0.2, 0) is 0 Å². The van der Waals surface area contributed by atoms with Gasteiger partial charge in [-0.05, 0) is 6.08 Å². The zero-order valence-corrected chi connectivity index (χ0v) is 5.34. The number of alkyl halides is 2. The van der Waals surface area contributed by atoms with Crippen LogP contribution in [0, 0.1) is 0 Å². The summed E-state index contributed by atoms with van der Waals surface area (Å²) < 4.78 is 22.7. The van der Waals surface area contributed by atoms with Crippen molar-refractivity contribution in [2.24, 2.45) is 0 Å². The number of carboxylic acid groups (broad SMARTS) is 2. The zero-order valence-electron chi connectivity index (χ0n) is 5.34. The highest BCUT2D eigenvalue weighted by Gasteiger charge is 2.12. The van der Waals surface area contributed by atoms with Gasteiger partial charge in [0, 0.05) is 6.92 Å². The van der Waals surface area contributed by atoms with Crippen molar-refractivity contribution in [3.63, 3.8) is 0 Å². The van der Waals surface area contributed by atoms with E-state index in [-0.39, 0.29) is 0 Å². The predicted molar refractivity (Wildman–Crippen MR) is 31.5 cm³/mol. The van der Waals surface area contributed by atoms with Crippen LogP contribution in [0.3, 0.4) is 0 Å². The Morgan fingerprint density at radius 3 is 1.70 bits per heavy atom. The highest BCUT2D eigenvalue weighted by molar-refractivity contribution is 5.53. The van der Waals surface area contributed by atoms with Gasteiger partial charge >= 0.3 is 6.16 Å². The third-order valence-electron chi connectivity index (χ3n) is 0.358. The minimum Gasteiger partial charge on any atom is -0.450 e. The summed E-state index contributed by atoms with van der Waals surface area (Å²) in [6.07, 6.45) is -1.23. The third kappa shape index (κ3) is 67.7. The lowest BCUT2D eigenvalue weighted by molar-refractivity contribution is 0.0779. The van der Waals surface area contributed by atoms with Gasteiger partial charge in [-0.3, -0.25) is 0 Å². The molecule has 0 fully saturated rings. The molecule has 0 aliphatic rings. The zero-order chi connectivity index (χ0) is 8.78. The smallest absolute Gasteiger partial charge is 0.450 e. The minimum atomic E-state index is -2.69. The fourth-order valence-electron chi connectivity index (χ4n) is 0. The molecule has 0 amide bonds. The summed E-state index contributed by atoms with van der Waals surface area (Å²) in [5.74, 6) is -2.69. The Bertz CT molecular complexity index is 113. The highest BCUT2D eigenvalue weighted by Crippen LogP contribution is 2.10. The van der Waals surface area contributed by atoms with Crippen molar-refractivity contribution < 1.29 is 23.8 Å². The number of hydrogen-bond acceptors (Lipinski definition) is 1. The lowest BCUT2D eigenvalue weighted by Gasteiger charge is -1.97. The average molecular weight is 154 g/mol. The van der Waals surface area contributed by atoms with Crippen LogP contribution in [0.5, 0.6) is 0 Å². The molecule has 0 bridgehead atoms. The molecule has 0 atom stereocenters. The molecule has 10 heavy (non-hydrogen) atoms. The van der Waals surface area contributed by atoms with Crippen molar-refractivity contribution in [1.82, 2.24) is 0 Å². The fraction of sp³-hybridized carbons (Fsp3) is 0.400. The summed E-state index contributed by atoms with van der Waals surface area (Å²) in [6, 6.07) is 0. The van der Waals surface area contributed by atoms with E-state index in [4.69, 9.17) is 15.0 Å². The second-order valence-electron chi connectivity index (χ2n) is 1.44. The molecule has 0 heterocycles. The van der Waals surface area contributed by atoms with Gasteiger partial charge in [0.05, 0.1) is 0 Å². The Kier molecular flexibility index (Phi) is 5.50. The Morgan fingerprint density at radius 2 is 1.70 bits per heavy atom. The fourth-order valence-corrected chi connectivity index (χ4v) is 0. The molecule has 0 aromatic carbocycles. The number of allylic oxidation sites excluding steroid dienone is 1. The van der Waals surface area contributed by atoms with Gasteiger partial charge in [-0.25, -0.2) is 13.6 Å². The van der Waals surface area contributed by atoms with E-state index in [1.54, 1.807) is 0 Å². The summed E-state index contributed by atoms with van der Waals surface area (Å²) in [5, 5.41) is 13.9. The highest BCUT2D eigenvalue weighted by atomic mass is 19.3. The van der Waals surface area contributed by atoms with E-state index in [2.05, 4.69) is 6.58 Å². The van der Waals surface area contributed by atoms with E-state index in [1.807, 2.05) is 0 Å². The molecule has 0 aliphatic carbocycles. The SMILES string of the molecule is C=CC(C)(F)F.O=C(O)O. The van der Waals surface area contributed by atoms with Gasteiger partial charge in [-0.1, -0.05) is 6.58 Å². The largest absolute Gasteiger partial charge is 0.503 e. The number of halogens is 2. The topological polar surface area (TPSA) is 57.5 Å². The molecule has 60 valence electrons. The van der Waals surface area contributed by atoms with Crippen molar-refractivity contribution in [1.29, 1.82) is 0 Å². The van der Waals surface area contributed by atoms with Gasteiger partial charge in [0.2, 0.25) is 0 Å². The molecule has 0 radical (unpaired) electrons. The third-order valence-corrected chi connectivity index (χ3v) is 0.358. The molecule has 0 spiro atoms. The normalized spacial score (nSPS) is 9.10. The molecule has 0 aliphatic heterocycles. The van der Waals surface area contributed by atoms with E-state index in [9.17, 15) is 8.78 Å². The molecule has 0 unspecified atom stereocenters. The van der Waals surface area contributed by atoms with Crippen LogP contribution in [0.4, 0.5) is 13.6 Å². The van der Waals surface area contributed by atoms with Crippen LogP contribution in [0.1, 0.15) is 6.92 Å². The monoisotopic (exact) mass is 154 g/mol. The Hall–Kier alpha value is -1.13. The van der Waals surface area contributed by atoms with E-state index < -0.39 is 12.1 Å². The summed E-state index contributed by atoms with van der Waals surface area (Å²) in [4.78, 5) is 8.56. The molecule has 0 aromatic rings. The molecule has 0 saturated carbocycles. The maximum atomic E-state index is 11.3. The number of hydrogen-bond donors (Lipinski definition) is 2. The second kappa shape index (κ2) is 4.72. The van der Waals surface area contributed by atoms with Gasteiger partial charge in [0.25, 0.3) is 5.92 Å². The minimum absolute atomic E-state index is 0.604. The first kappa shape index (κ1) is 11.6. The van der Waals surface area contributed by atoms with Crippen molar-refractivity contribution >= 4 is 6.16 Å². The maximum Gasteiger partial charge on any atom is 0.503 e. The molecule has 5 heteroatoms. The Balaban J connectivity index is 0. The van der Waals surface area contributed by atoms with Gasteiger partial charge < -0.3 is 10.2 Å². The Morgan fingerprint density at radius 1 is 1.60 bits per heavy atom. The second-order valence-corrected chi connectivity index (χ2v) is 1.44. The molecule has 0 aromatic heterocycles. The molecular weight excluding hydrogens is 146 g/mol. The quantitative estimate of drug-likeness (QED) is 0.568. The van der Waals surface area contributed by atoms with Crippen LogP contribution in [0.15, 0.2) is 12.7 Å². The molecule has 3 nitrogen and oxygen atoms in total. The van der Waals surface area contributed by atoms with E-state index in [0.717, 1.165) is 6.92 Å². The first-order valence-electron chi connectivity index (χ1n) is 2.23. The van der Waals surface area contributed by atoms with E-state index in [1.165, 1.54) is 0 Å². The van der Waals surface area contributed by atoms with Gasteiger partial charge in [-0.15, -0.1) is 0 Å². The van der Waals surface area contributed by atoms with Crippen molar-refractivity contribution in [3.05, 3.63) is 12.7 Å². The van der Waals surface area contributed by atoms with Gasteiger partial charge in [-0.2, -0.15) is 0 Å². The van der Waals surface area contributed by atoms with Crippen molar-refractivity contribution in [2.45, 2.75) is 12.8 Å². The molecule has 0 rings (SSSR count). The number of carbonyl (C=O) groups is 1. The first-order valence-corrected chi connectivity index (χ1v) is 2.23. The number of rotatable bonds is 1. The average Bonchev–Trinajstić information content (AvgIpc) is 1.63. The summed E-state index contributed by atoms with van der Waals surface area (Å²) >= 11 is 0. The van der Waals surface area contributed by atoms with Gasteiger partial charge in [0.1, 0.15) is 0 Å². The van der Waals surface area contributed by atoms with Crippen LogP contribution in [0.25, 0.3) is 0 Å². The summed E-state index contributed by atoms with van der Waals surface area (Å²) in [6.45, 7) is 3.67.